The van der Waals surface area contributed by atoms with Crippen LogP contribution in [0.1, 0.15) is 20.3 Å². The summed E-state index contributed by atoms with van der Waals surface area (Å²) in [5, 5.41) is 9.10. The Labute approximate surface area is 127 Å². The summed E-state index contributed by atoms with van der Waals surface area (Å²) in [6, 6.07) is -1.02. The number of carboxylic acids is 1. The quantitative estimate of drug-likeness (QED) is 0.731. The van der Waals surface area contributed by atoms with Gasteiger partial charge in [-0.3, -0.25) is 14.4 Å². The smallest absolute Gasteiger partial charge is 0.326 e. The van der Waals surface area contributed by atoms with Crippen molar-refractivity contribution < 1.29 is 29.0 Å². The minimum Gasteiger partial charge on any atom is -0.480 e. The second-order valence-electron chi connectivity index (χ2n) is 5.00. The molecule has 0 aliphatic carbocycles. The second kappa shape index (κ2) is 7.44. The molecule has 7 nitrogen and oxygen atoms in total. The van der Waals surface area contributed by atoms with Crippen LogP contribution in [0.4, 0.5) is 0 Å². The lowest BCUT2D eigenvalue weighted by Crippen LogP contribution is -2.43. The minimum atomic E-state index is -1.14. The van der Waals surface area contributed by atoms with E-state index in [1.165, 1.54) is 18.9 Å². The molecule has 21 heavy (non-hydrogen) atoms. The molecule has 1 unspecified atom stereocenters. The van der Waals surface area contributed by atoms with Crippen molar-refractivity contribution in [3.8, 4) is 0 Å². The predicted octanol–water partition coefficient (Wildman–Crippen LogP) is 0.377. The Bertz CT molecular complexity index is 452. The first kappa shape index (κ1) is 17.5. The van der Waals surface area contributed by atoms with Gasteiger partial charge in [0.05, 0.1) is 13.0 Å². The number of likely N-dealkylation sites (tertiary alicyclic amines) is 1. The van der Waals surface area contributed by atoms with Crippen LogP contribution in [0.25, 0.3) is 0 Å². The molecular formula is C13H19NO6S. The van der Waals surface area contributed by atoms with Crippen LogP contribution in [0.2, 0.25) is 0 Å². The Hall–Kier alpha value is -1.57. The summed E-state index contributed by atoms with van der Waals surface area (Å²) in [6.07, 6.45) is 0.0559. The molecule has 0 radical (unpaired) electrons. The maximum absolute atomic E-state index is 12.3. The molecule has 0 aromatic rings. The summed E-state index contributed by atoms with van der Waals surface area (Å²) in [7, 11) is 1.23. The molecule has 1 fully saturated rings. The summed E-state index contributed by atoms with van der Waals surface area (Å²) >= 11 is 1.02. The first-order valence-electron chi connectivity index (χ1n) is 6.52. The molecule has 1 aliphatic heterocycles. The average molecular weight is 317 g/mol. The van der Waals surface area contributed by atoms with Gasteiger partial charge in [-0.2, -0.15) is 0 Å². The molecule has 0 saturated carbocycles. The van der Waals surface area contributed by atoms with E-state index in [4.69, 9.17) is 0 Å². The van der Waals surface area contributed by atoms with Gasteiger partial charge < -0.3 is 14.7 Å². The van der Waals surface area contributed by atoms with Crippen molar-refractivity contribution in [3.05, 3.63) is 0 Å². The van der Waals surface area contributed by atoms with Crippen LogP contribution in [0.5, 0.6) is 0 Å². The first-order valence-corrected chi connectivity index (χ1v) is 7.51. The van der Waals surface area contributed by atoms with Gasteiger partial charge in [0.1, 0.15) is 6.04 Å². The van der Waals surface area contributed by atoms with Gasteiger partial charge in [0.2, 0.25) is 5.91 Å². The molecule has 1 N–H and O–H groups in total. The number of rotatable bonds is 5. The van der Waals surface area contributed by atoms with Gasteiger partial charge in [0.25, 0.3) is 0 Å². The highest BCUT2D eigenvalue weighted by Crippen LogP contribution is 2.27. The number of amides is 1. The lowest BCUT2D eigenvalue weighted by molar-refractivity contribution is -0.149. The van der Waals surface area contributed by atoms with Gasteiger partial charge >= 0.3 is 11.9 Å². The highest BCUT2D eigenvalue weighted by atomic mass is 32.2. The van der Waals surface area contributed by atoms with Crippen molar-refractivity contribution in [2.45, 2.75) is 26.3 Å². The number of methoxy groups -OCH3 is 1. The predicted molar refractivity (Wildman–Crippen MR) is 75.6 cm³/mol. The highest BCUT2D eigenvalue weighted by molar-refractivity contribution is 8.13. The molecule has 1 heterocycles. The number of ether oxygens (including phenoxy) is 1. The van der Waals surface area contributed by atoms with Gasteiger partial charge in [-0.15, -0.1) is 0 Å². The molecule has 0 aromatic carbocycles. The normalized spacial score (nSPS) is 22.7. The number of carbonyl (C=O) groups is 4. The van der Waals surface area contributed by atoms with E-state index in [2.05, 4.69) is 4.74 Å². The topological polar surface area (TPSA) is 101 Å². The summed E-state index contributed by atoms with van der Waals surface area (Å²) in [4.78, 5) is 47.2. The van der Waals surface area contributed by atoms with Gasteiger partial charge in [-0.05, 0) is 6.42 Å². The van der Waals surface area contributed by atoms with E-state index in [1.807, 2.05) is 0 Å². The van der Waals surface area contributed by atoms with Gasteiger partial charge in [-0.1, -0.05) is 18.7 Å². The maximum Gasteiger partial charge on any atom is 0.326 e. The lowest BCUT2D eigenvalue weighted by atomic mass is 10.1. The fraction of sp³-hybridized carbons (Fsp3) is 0.692. The minimum absolute atomic E-state index is 0.0392. The molecular weight excluding hydrogens is 298 g/mol. The monoisotopic (exact) mass is 317 g/mol. The van der Waals surface area contributed by atoms with E-state index in [0.29, 0.717) is 5.75 Å². The molecule has 8 heteroatoms. The van der Waals surface area contributed by atoms with Gasteiger partial charge in [0.15, 0.2) is 5.12 Å². The number of carbonyl (C=O) groups excluding carboxylic acids is 3. The Morgan fingerprint density at radius 1 is 1.38 bits per heavy atom. The standard InChI is InChI=1S/C13H19NO6S/c1-7(6-21-8(2)15)11(16)14-5-9(13(19)20-3)4-10(14)12(17)18/h7,9-10H,4-6H2,1-3H3,(H,17,18)/t7?,9-,10+/m1/s1. The first-order chi connectivity index (χ1) is 9.77. The van der Waals surface area contributed by atoms with E-state index in [9.17, 15) is 24.3 Å². The third-order valence-electron chi connectivity index (χ3n) is 3.36. The van der Waals surface area contributed by atoms with Gasteiger partial charge in [0, 0.05) is 25.1 Å². The van der Waals surface area contributed by atoms with Crippen LogP contribution in [0, 0.1) is 11.8 Å². The fourth-order valence-corrected chi connectivity index (χ4v) is 2.88. The molecule has 3 atom stereocenters. The van der Waals surface area contributed by atoms with Crippen molar-refractivity contribution >= 4 is 34.7 Å². The number of aliphatic carboxylic acids is 1. The molecule has 0 spiro atoms. The number of esters is 1. The average Bonchev–Trinajstić information content (AvgIpc) is 2.88. The Morgan fingerprint density at radius 2 is 2.00 bits per heavy atom. The summed E-state index contributed by atoms with van der Waals surface area (Å²) in [6.45, 7) is 3.09. The Morgan fingerprint density at radius 3 is 2.48 bits per heavy atom. The van der Waals surface area contributed by atoms with E-state index in [1.54, 1.807) is 6.92 Å². The Kier molecular flexibility index (Phi) is 6.19. The number of nitrogens with zero attached hydrogens (tertiary/aromatic N) is 1. The molecule has 1 saturated heterocycles. The van der Waals surface area contributed by atoms with E-state index < -0.39 is 29.8 Å². The summed E-state index contributed by atoms with van der Waals surface area (Å²) < 4.78 is 4.61. The highest BCUT2D eigenvalue weighted by Gasteiger charge is 2.43. The largest absolute Gasteiger partial charge is 0.480 e. The van der Waals surface area contributed by atoms with Crippen LogP contribution in [-0.2, 0) is 23.9 Å². The van der Waals surface area contributed by atoms with Crippen molar-refractivity contribution in [3.63, 3.8) is 0 Å². The maximum atomic E-state index is 12.3. The zero-order valence-corrected chi connectivity index (χ0v) is 13.0. The molecule has 0 bridgehead atoms. The van der Waals surface area contributed by atoms with Crippen molar-refractivity contribution in [2.75, 3.05) is 19.4 Å². The molecule has 1 aliphatic rings. The fourth-order valence-electron chi connectivity index (χ4n) is 2.25. The summed E-state index contributed by atoms with van der Waals surface area (Å²) in [5.41, 5.74) is 0. The SMILES string of the molecule is COC(=O)[C@@H]1C[C@@H](C(=O)O)N(C(=O)C(C)CSC(C)=O)C1. The molecule has 118 valence electrons. The number of hydrogen-bond acceptors (Lipinski definition) is 6. The van der Waals surface area contributed by atoms with Crippen molar-refractivity contribution in [1.29, 1.82) is 0 Å². The zero-order valence-electron chi connectivity index (χ0n) is 12.2. The van der Waals surface area contributed by atoms with Crippen molar-refractivity contribution in [1.82, 2.24) is 4.90 Å². The van der Waals surface area contributed by atoms with E-state index in [-0.39, 0.29) is 24.0 Å². The van der Waals surface area contributed by atoms with Crippen LogP contribution in [0.3, 0.4) is 0 Å². The third-order valence-corrected chi connectivity index (χ3v) is 4.44. The number of carboxylic acid groups (broad SMARTS) is 1. The van der Waals surface area contributed by atoms with E-state index in [0.717, 1.165) is 11.8 Å². The summed E-state index contributed by atoms with van der Waals surface area (Å²) in [5.74, 6) is -2.82. The van der Waals surface area contributed by atoms with E-state index >= 15 is 0 Å². The van der Waals surface area contributed by atoms with Crippen LogP contribution < -0.4 is 0 Å². The zero-order chi connectivity index (χ0) is 16.2. The van der Waals surface area contributed by atoms with Gasteiger partial charge in [-0.25, -0.2) is 4.79 Å². The molecule has 0 aromatic heterocycles. The van der Waals surface area contributed by atoms with Crippen LogP contribution >= 0.6 is 11.8 Å². The number of hydrogen-bond donors (Lipinski definition) is 1. The third kappa shape index (κ3) is 4.45. The second-order valence-corrected chi connectivity index (χ2v) is 6.20. The van der Waals surface area contributed by atoms with Crippen molar-refractivity contribution in [2.24, 2.45) is 11.8 Å². The number of thioether (sulfide) groups is 1. The molecule has 1 amide bonds. The molecule has 1 rings (SSSR count). The van der Waals surface area contributed by atoms with Crippen LogP contribution in [0.15, 0.2) is 0 Å². The lowest BCUT2D eigenvalue weighted by Gasteiger charge is -2.24. The van der Waals surface area contributed by atoms with Crippen LogP contribution in [-0.4, -0.2) is 58.4 Å². The Balaban J connectivity index is 2.77.